The number of likely N-dealkylation sites (tertiary alicyclic amines) is 1. The second kappa shape index (κ2) is 12.8. The smallest absolute Gasteiger partial charge is 0.409 e. The van der Waals surface area contributed by atoms with Gasteiger partial charge in [0.15, 0.2) is 10.7 Å². The number of halogens is 3. The molecule has 14 heteroatoms. The number of nitrogens with one attached hydrogen (secondary N) is 1. The van der Waals surface area contributed by atoms with Crippen molar-refractivity contribution in [2.75, 3.05) is 24.4 Å². The molecule has 0 atom stereocenters. The second-order valence-corrected chi connectivity index (χ2v) is 14.1. The van der Waals surface area contributed by atoms with E-state index in [9.17, 15) is 22.0 Å². The number of ether oxygens (including phenoxy) is 1. The molecule has 0 aliphatic carbocycles. The standard InChI is InChI=1S/C31H32F3N5O4S2/c1-18(2)17-43-30(40)39-15-12-31(4,13-16-39)29-37-26(27(44-29)24-11-14-35-19(3)36-24)20-7-5-10-23(25(20)34)38-45(41,42)28-21(32)8-6-9-22(28)33/h5-11,14,18,38H,12-13,15-17H2,1-4H3. The average Bonchev–Trinajstić information content (AvgIpc) is 3.43. The fourth-order valence-corrected chi connectivity index (χ4v) is 7.42. The molecule has 5 rings (SSSR count). The first-order chi connectivity index (χ1) is 21.3. The molecule has 1 aliphatic rings. The van der Waals surface area contributed by atoms with Crippen molar-refractivity contribution >= 4 is 33.1 Å². The number of rotatable bonds is 8. The summed E-state index contributed by atoms with van der Waals surface area (Å²) in [6, 6.07) is 8.34. The fraction of sp³-hybridized carbons (Fsp3) is 0.355. The van der Waals surface area contributed by atoms with Gasteiger partial charge in [0.2, 0.25) is 0 Å². The molecule has 45 heavy (non-hydrogen) atoms. The van der Waals surface area contributed by atoms with Crippen LogP contribution in [0.3, 0.4) is 0 Å². The highest BCUT2D eigenvalue weighted by Gasteiger charge is 2.38. The molecule has 1 aliphatic heterocycles. The van der Waals surface area contributed by atoms with Crippen LogP contribution in [0.5, 0.6) is 0 Å². The highest BCUT2D eigenvalue weighted by molar-refractivity contribution is 7.92. The van der Waals surface area contributed by atoms with Crippen LogP contribution in [0.2, 0.25) is 0 Å². The number of aromatic nitrogens is 3. The number of carbonyl (C=O) groups is 1. The number of sulfonamides is 1. The van der Waals surface area contributed by atoms with E-state index >= 15 is 4.39 Å². The SMILES string of the molecule is Cc1nccc(-c2sc(C3(C)CCN(C(=O)OCC(C)C)CC3)nc2-c2cccc(NS(=O)(=O)c3c(F)cccc3F)c2F)n1. The first-order valence-electron chi connectivity index (χ1n) is 14.3. The Morgan fingerprint density at radius 3 is 2.38 bits per heavy atom. The summed E-state index contributed by atoms with van der Waals surface area (Å²) in [5.74, 6) is -2.89. The third-order valence-corrected chi connectivity index (χ3v) is 10.3. The van der Waals surface area contributed by atoms with Gasteiger partial charge in [-0.1, -0.05) is 32.9 Å². The Labute approximate surface area is 263 Å². The Morgan fingerprint density at radius 2 is 1.73 bits per heavy atom. The minimum Gasteiger partial charge on any atom is -0.449 e. The highest BCUT2D eigenvalue weighted by Crippen LogP contribution is 2.45. The number of anilines is 1. The summed E-state index contributed by atoms with van der Waals surface area (Å²) in [5.41, 5.74) is -0.278. The van der Waals surface area contributed by atoms with Crippen molar-refractivity contribution in [2.45, 2.75) is 50.8 Å². The molecule has 1 fully saturated rings. The number of amides is 1. The molecule has 1 amide bonds. The van der Waals surface area contributed by atoms with E-state index < -0.39 is 43.5 Å². The summed E-state index contributed by atoms with van der Waals surface area (Å²) in [4.78, 5) is 27.1. The lowest BCUT2D eigenvalue weighted by molar-refractivity contribution is 0.0762. The zero-order chi connectivity index (χ0) is 32.5. The molecule has 238 valence electrons. The van der Waals surface area contributed by atoms with Gasteiger partial charge in [0.1, 0.15) is 17.5 Å². The molecule has 1 N–H and O–H groups in total. The van der Waals surface area contributed by atoms with Gasteiger partial charge >= 0.3 is 6.09 Å². The van der Waals surface area contributed by atoms with Gasteiger partial charge in [0.25, 0.3) is 10.0 Å². The summed E-state index contributed by atoms with van der Waals surface area (Å²) < 4.78 is 78.1. The van der Waals surface area contributed by atoms with Crippen LogP contribution in [0, 0.1) is 30.3 Å². The van der Waals surface area contributed by atoms with E-state index in [-0.39, 0.29) is 23.3 Å². The molecule has 2 aromatic heterocycles. The van der Waals surface area contributed by atoms with E-state index in [1.165, 1.54) is 23.5 Å². The van der Waals surface area contributed by atoms with Gasteiger partial charge in [-0.25, -0.2) is 41.3 Å². The highest BCUT2D eigenvalue weighted by atomic mass is 32.2. The monoisotopic (exact) mass is 659 g/mol. The third-order valence-electron chi connectivity index (χ3n) is 7.50. The van der Waals surface area contributed by atoms with Crippen LogP contribution in [0.4, 0.5) is 23.7 Å². The second-order valence-electron chi connectivity index (χ2n) is 11.5. The Morgan fingerprint density at radius 1 is 1.07 bits per heavy atom. The van der Waals surface area contributed by atoms with E-state index in [1.807, 2.05) is 25.5 Å². The number of benzene rings is 2. The van der Waals surface area contributed by atoms with E-state index in [1.54, 1.807) is 24.1 Å². The molecule has 3 heterocycles. The normalized spacial score (nSPS) is 14.9. The maximum atomic E-state index is 16.2. The van der Waals surface area contributed by atoms with Crippen LogP contribution >= 0.6 is 11.3 Å². The number of aryl methyl sites for hydroxylation is 1. The summed E-state index contributed by atoms with van der Waals surface area (Å²) in [5, 5.41) is 0.692. The van der Waals surface area contributed by atoms with Gasteiger partial charge in [0, 0.05) is 30.3 Å². The van der Waals surface area contributed by atoms with E-state index in [4.69, 9.17) is 9.72 Å². The lowest BCUT2D eigenvalue weighted by Gasteiger charge is -2.37. The molecule has 0 radical (unpaired) electrons. The van der Waals surface area contributed by atoms with Crippen LogP contribution in [-0.4, -0.2) is 54.1 Å². The lowest BCUT2D eigenvalue weighted by Crippen LogP contribution is -2.44. The molecular weight excluding hydrogens is 628 g/mol. The van der Waals surface area contributed by atoms with E-state index in [2.05, 4.69) is 9.97 Å². The van der Waals surface area contributed by atoms with Crippen molar-refractivity contribution in [1.82, 2.24) is 19.9 Å². The van der Waals surface area contributed by atoms with Crippen LogP contribution in [-0.2, 0) is 20.2 Å². The number of carbonyl (C=O) groups excluding carboxylic acids is 1. The zero-order valence-electron chi connectivity index (χ0n) is 25.1. The van der Waals surface area contributed by atoms with Crippen molar-refractivity contribution < 1.29 is 31.1 Å². The maximum Gasteiger partial charge on any atom is 0.409 e. The van der Waals surface area contributed by atoms with Gasteiger partial charge < -0.3 is 9.64 Å². The van der Waals surface area contributed by atoms with Gasteiger partial charge in [-0.05, 0) is 56.0 Å². The van der Waals surface area contributed by atoms with Crippen molar-refractivity contribution in [2.24, 2.45) is 5.92 Å². The minimum atomic E-state index is -4.83. The Hall–Kier alpha value is -4.04. The molecule has 0 bridgehead atoms. The molecule has 0 spiro atoms. The topological polar surface area (TPSA) is 114 Å². The Kier molecular flexibility index (Phi) is 9.17. The number of nitrogens with zero attached hydrogens (tertiary/aromatic N) is 4. The van der Waals surface area contributed by atoms with Crippen molar-refractivity contribution in [3.8, 4) is 21.8 Å². The van der Waals surface area contributed by atoms with Crippen LogP contribution in [0.1, 0.15) is 44.4 Å². The number of hydrogen-bond donors (Lipinski definition) is 1. The van der Waals surface area contributed by atoms with E-state index in [0.29, 0.717) is 53.9 Å². The van der Waals surface area contributed by atoms with Gasteiger partial charge in [0.05, 0.1) is 33.6 Å². The van der Waals surface area contributed by atoms with Crippen molar-refractivity contribution in [3.05, 3.63) is 76.9 Å². The summed E-state index contributed by atoms with van der Waals surface area (Å²) in [6.07, 6.45) is 2.37. The number of thiazole rings is 1. The van der Waals surface area contributed by atoms with Crippen LogP contribution < -0.4 is 4.72 Å². The van der Waals surface area contributed by atoms with E-state index in [0.717, 1.165) is 24.3 Å². The largest absolute Gasteiger partial charge is 0.449 e. The lowest BCUT2D eigenvalue weighted by atomic mass is 9.81. The Bertz CT molecular complexity index is 1820. The number of hydrogen-bond acceptors (Lipinski definition) is 8. The van der Waals surface area contributed by atoms with Crippen LogP contribution in [0.15, 0.2) is 53.6 Å². The average molecular weight is 660 g/mol. The molecule has 2 aromatic carbocycles. The maximum absolute atomic E-state index is 16.2. The van der Waals surface area contributed by atoms with Gasteiger partial charge in [-0.15, -0.1) is 11.3 Å². The van der Waals surface area contributed by atoms with Crippen molar-refractivity contribution in [1.29, 1.82) is 0 Å². The van der Waals surface area contributed by atoms with Crippen molar-refractivity contribution in [3.63, 3.8) is 0 Å². The number of piperidine rings is 1. The quantitative estimate of drug-likeness (QED) is 0.218. The zero-order valence-corrected chi connectivity index (χ0v) is 26.7. The fourth-order valence-electron chi connectivity index (χ4n) is 4.97. The predicted molar refractivity (Wildman–Crippen MR) is 165 cm³/mol. The summed E-state index contributed by atoms with van der Waals surface area (Å²) >= 11 is 1.33. The Balaban J connectivity index is 1.52. The minimum absolute atomic E-state index is 0.0312. The first kappa shape index (κ1) is 32.4. The predicted octanol–water partition coefficient (Wildman–Crippen LogP) is 6.94. The van der Waals surface area contributed by atoms with Gasteiger partial charge in [-0.3, -0.25) is 4.72 Å². The summed E-state index contributed by atoms with van der Waals surface area (Å²) in [7, 11) is -4.83. The first-order valence-corrected chi connectivity index (χ1v) is 16.6. The molecular formula is C31H32F3N5O4S2. The molecule has 1 saturated heterocycles. The molecule has 9 nitrogen and oxygen atoms in total. The molecule has 0 unspecified atom stereocenters. The third kappa shape index (κ3) is 6.81. The molecule has 0 saturated carbocycles. The summed E-state index contributed by atoms with van der Waals surface area (Å²) in [6.45, 7) is 8.91. The van der Waals surface area contributed by atoms with Gasteiger partial charge in [-0.2, -0.15) is 0 Å². The van der Waals surface area contributed by atoms with Crippen LogP contribution in [0.25, 0.3) is 21.8 Å². The molecule has 4 aromatic rings.